The standard InChI is InChI=1S/C31H36BrFN2O3/c1-4-5-17-34-31(37)28(18-23-9-7-6-8-10-23)35(20-24-11-14-26(33)15-12-24)30(36)21-38-29-16-13-25(22(2)3)19-27(29)32/h6-16,19,22,28H,4-5,17-18,20-21H2,1-3H3,(H,34,37)/t28-/m0/s1. The lowest BCUT2D eigenvalue weighted by atomic mass is 10.0. The Balaban J connectivity index is 1.88. The minimum atomic E-state index is -0.762. The van der Waals surface area contributed by atoms with Crippen molar-refractivity contribution in [1.82, 2.24) is 10.2 Å². The van der Waals surface area contributed by atoms with Crippen molar-refractivity contribution in [3.8, 4) is 5.75 Å². The molecule has 0 fully saturated rings. The van der Waals surface area contributed by atoms with Gasteiger partial charge in [-0.3, -0.25) is 9.59 Å². The van der Waals surface area contributed by atoms with Gasteiger partial charge in [0.25, 0.3) is 5.91 Å². The largest absolute Gasteiger partial charge is 0.483 e. The minimum absolute atomic E-state index is 0.147. The van der Waals surface area contributed by atoms with E-state index in [1.165, 1.54) is 17.0 Å². The number of amides is 2. The lowest BCUT2D eigenvalue weighted by Gasteiger charge is -2.31. The Labute approximate surface area is 233 Å². The number of hydrogen-bond acceptors (Lipinski definition) is 3. The monoisotopic (exact) mass is 582 g/mol. The van der Waals surface area contributed by atoms with E-state index < -0.39 is 6.04 Å². The number of hydrogen-bond donors (Lipinski definition) is 1. The van der Waals surface area contributed by atoms with Crippen LogP contribution in [0.1, 0.15) is 56.2 Å². The van der Waals surface area contributed by atoms with E-state index >= 15 is 0 Å². The third-order valence-electron chi connectivity index (χ3n) is 6.34. The maximum Gasteiger partial charge on any atom is 0.261 e. The average molecular weight is 584 g/mol. The van der Waals surface area contributed by atoms with Crippen molar-refractivity contribution < 1.29 is 18.7 Å². The molecule has 0 unspecified atom stereocenters. The van der Waals surface area contributed by atoms with Crippen LogP contribution < -0.4 is 10.1 Å². The fraction of sp³-hybridized carbons (Fsp3) is 0.355. The van der Waals surface area contributed by atoms with E-state index in [1.54, 1.807) is 12.1 Å². The summed E-state index contributed by atoms with van der Waals surface area (Å²) >= 11 is 3.55. The highest BCUT2D eigenvalue weighted by molar-refractivity contribution is 9.10. The molecule has 1 atom stereocenters. The Morgan fingerprint density at radius 3 is 2.34 bits per heavy atom. The molecular weight excluding hydrogens is 547 g/mol. The highest BCUT2D eigenvalue weighted by Gasteiger charge is 2.30. The van der Waals surface area contributed by atoms with E-state index in [-0.39, 0.29) is 30.8 Å². The third-order valence-corrected chi connectivity index (χ3v) is 6.96. The quantitative estimate of drug-likeness (QED) is 0.230. The molecule has 0 saturated carbocycles. The van der Waals surface area contributed by atoms with Gasteiger partial charge in [0.1, 0.15) is 17.6 Å². The number of halogens is 2. The van der Waals surface area contributed by atoms with E-state index in [1.807, 2.05) is 48.5 Å². The molecule has 0 aliphatic rings. The van der Waals surface area contributed by atoms with Crippen LogP contribution in [0.4, 0.5) is 4.39 Å². The summed E-state index contributed by atoms with van der Waals surface area (Å²) in [6, 6.07) is 20.6. The second-order valence-electron chi connectivity index (χ2n) is 9.63. The fourth-order valence-electron chi connectivity index (χ4n) is 4.06. The molecule has 202 valence electrons. The number of benzene rings is 3. The summed E-state index contributed by atoms with van der Waals surface area (Å²) in [6.07, 6.45) is 2.14. The lowest BCUT2D eigenvalue weighted by molar-refractivity contribution is -0.142. The molecule has 0 aromatic heterocycles. The topological polar surface area (TPSA) is 58.6 Å². The zero-order valence-electron chi connectivity index (χ0n) is 22.3. The lowest BCUT2D eigenvalue weighted by Crippen LogP contribution is -2.51. The van der Waals surface area contributed by atoms with Gasteiger partial charge >= 0.3 is 0 Å². The van der Waals surface area contributed by atoms with E-state index in [2.05, 4.69) is 42.0 Å². The number of ether oxygens (including phenoxy) is 1. The fourth-order valence-corrected chi connectivity index (χ4v) is 4.57. The van der Waals surface area contributed by atoms with Gasteiger partial charge in [-0.05, 0) is 69.2 Å². The van der Waals surface area contributed by atoms with Crippen molar-refractivity contribution in [2.45, 2.75) is 58.5 Å². The first-order valence-corrected chi connectivity index (χ1v) is 13.9. The van der Waals surface area contributed by atoms with Crippen LogP contribution in [-0.4, -0.2) is 35.9 Å². The molecule has 1 N–H and O–H groups in total. The van der Waals surface area contributed by atoms with Gasteiger partial charge in [-0.2, -0.15) is 0 Å². The van der Waals surface area contributed by atoms with Gasteiger partial charge in [-0.1, -0.05) is 75.7 Å². The Kier molecular flexibility index (Phi) is 11.3. The molecule has 0 bridgehead atoms. The second kappa shape index (κ2) is 14.7. The molecule has 0 aliphatic heterocycles. The normalized spacial score (nSPS) is 11.7. The summed E-state index contributed by atoms with van der Waals surface area (Å²) in [7, 11) is 0. The van der Waals surface area contributed by atoms with Crippen LogP contribution in [0.5, 0.6) is 5.75 Å². The van der Waals surface area contributed by atoms with Gasteiger partial charge < -0.3 is 15.0 Å². The molecule has 3 rings (SSSR count). The van der Waals surface area contributed by atoms with Crippen LogP contribution in [0, 0.1) is 5.82 Å². The summed E-state index contributed by atoms with van der Waals surface area (Å²) in [5.41, 5.74) is 2.81. The molecule has 7 heteroatoms. The number of rotatable bonds is 13. The summed E-state index contributed by atoms with van der Waals surface area (Å²) in [5.74, 6) is -0.00148. The highest BCUT2D eigenvalue weighted by atomic mass is 79.9. The van der Waals surface area contributed by atoms with E-state index in [0.29, 0.717) is 24.6 Å². The molecule has 3 aromatic carbocycles. The number of carbonyl (C=O) groups excluding carboxylic acids is 2. The van der Waals surface area contributed by atoms with Crippen LogP contribution in [0.25, 0.3) is 0 Å². The average Bonchev–Trinajstić information content (AvgIpc) is 2.91. The van der Waals surface area contributed by atoms with Crippen molar-refractivity contribution in [2.75, 3.05) is 13.2 Å². The maximum atomic E-state index is 13.7. The van der Waals surface area contributed by atoms with Crippen LogP contribution in [-0.2, 0) is 22.6 Å². The summed E-state index contributed by atoms with van der Waals surface area (Å²) in [5, 5.41) is 2.99. The van der Waals surface area contributed by atoms with E-state index in [4.69, 9.17) is 4.74 Å². The number of nitrogens with one attached hydrogen (secondary N) is 1. The first-order chi connectivity index (χ1) is 18.3. The zero-order valence-corrected chi connectivity index (χ0v) is 23.8. The highest BCUT2D eigenvalue weighted by Crippen LogP contribution is 2.29. The molecule has 0 heterocycles. The molecule has 3 aromatic rings. The van der Waals surface area contributed by atoms with Crippen LogP contribution in [0.3, 0.4) is 0 Å². The first kappa shape index (κ1) is 29.4. The summed E-state index contributed by atoms with van der Waals surface area (Å²) in [6.45, 7) is 6.71. The van der Waals surface area contributed by atoms with Crippen molar-refractivity contribution in [1.29, 1.82) is 0 Å². The molecule has 0 saturated heterocycles. The van der Waals surface area contributed by atoms with E-state index in [9.17, 15) is 14.0 Å². The summed E-state index contributed by atoms with van der Waals surface area (Å²) < 4.78 is 20.3. The second-order valence-corrected chi connectivity index (χ2v) is 10.5. The van der Waals surface area contributed by atoms with Gasteiger partial charge in [0, 0.05) is 19.5 Å². The Hall–Kier alpha value is -3.19. The van der Waals surface area contributed by atoms with Gasteiger partial charge in [-0.15, -0.1) is 0 Å². The predicted octanol–water partition coefficient (Wildman–Crippen LogP) is 6.65. The third kappa shape index (κ3) is 8.69. The van der Waals surface area contributed by atoms with Crippen LogP contribution in [0.2, 0.25) is 0 Å². The maximum absolute atomic E-state index is 13.7. The molecule has 0 radical (unpaired) electrons. The summed E-state index contributed by atoms with van der Waals surface area (Å²) in [4.78, 5) is 28.6. The zero-order chi connectivity index (χ0) is 27.5. The molecule has 38 heavy (non-hydrogen) atoms. The van der Waals surface area contributed by atoms with Gasteiger partial charge in [0.05, 0.1) is 4.47 Å². The molecule has 2 amide bonds. The smallest absolute Gasteiger partial charge is 0.261 e. The van der Waals surface area contributed by atoms with Crippen LogP contribution in [0.15, 0.2) is 77.3 Å². The molecular formula is C31H36BrFN2O3. The molecule has 5 nitrogen and oxygen atoms in total. The van der Waals surface area contributed by atoms with Crippen molar-refractivity contribution >= 4 is 27.7 Å². The molecule has 0 aliphatic carbocycles. The Morgan fingerprint density at radius 1 is 1.00 bits per heavy atom. The Morgan fingerprint density at radius 2 is 1.71 bits per heavy atom. The van der Waals surface area contributed by atoms with Gasteiger partial charge in [0.15, 0.2) is 6.61 Å². The Bertz CT molecular complexity index is 1190. The minimum Gasteiger partial charge on any atom is -0.483 e. The number of carbonyl (C=O) groups is 2. The van der Waals surface area contributed by atoms with E-state index in [0.717, 1.165) is 34.0 Å². The molecule has 0 spiro atoms. The SMILES string of the molecule is CCCCNC(=O)[C@H](Cc1ccccc1)N(Cc1ccc(F)cc1)C(=O)COc1ccc(C(C)C)cc1Br. The predicted molar refractivity (Wildman–Crippen MR) is 153 cm³/mol. The van der Waals surface area contributed by atoms with Crippen molar-refractivity contribution in [3.05, 3.63) is 99.8 Å². The number of nitrogens with zero attached hydrogens (tertiary/aromatic N) is 1. The van der Waals surface area contributed by atoms with Crippen molar-refractivity contribution in [2.24, 2.45) is 0 Å². The van der Waals surface area contributed by atoms with Crippen molar-refractivity contribution in [3.63, 3.8) is 0 Å². The van der Waals surface area contributed by atoms with Gasteiger partial charge in [-0.25, -0.2) is 4.39 Å². The van der Waals surface area contributed by atoms with Gasteiger partial charge in [0.2, 0.25) is 5.91 Å². The number of unbranched alkanes of at least 4 members (excludes halogenated alkanes) is 1. The van der Waals surface area contributed by atoms with Crippen LogP contribution >= 0.6 is 15.9 Å². The first-order valence-electron chi connectivity index (χ1n) is 13.1.